The van der Waals surface area contributed by atoms with Gasteiger partial charge in [0.1, 0.15) is 6.07 Å². The van der Waals surface area contributed by atoms with Crippen LogP contribution >= 0.6 is 0 Å². The van der Waals surface area contributed by atoms with Gasteiger partial charge in [-0.15, -0.1) is 0 Å². The fourth-order valence-corrected chi connectivity index (χ4v) is 1.46. The minimum absolute atomic E-state index is 0.0157. The average molecular weight is 250 g/mol. The lowest BCUT2D eigenvalue weighted by Gasteiger charge is -2.10. The van der Waals surface area contributed by atoms with Gasteiger partial charge in [-0.2, -0.15) is 5.26 Å². The van der Waals surface area contributed by atoms with Crippen LogP contribution < -0.4 is 14.8 Å². The van der Waals surface area contributed by atoms with Crippen LogP contribution in [0.2, 0.25) is 0 Å². The zero-order valence-electron chi connectivity index (χ0n) is 10.7. The number of ether oxygens (including phenoxy) is 3. The van der Waals surface area contributed by atoms with Gasteiger partial charge >= 0.3 is 0 Å². The summed E-state index contributed by atoms with van der Waals surface area (Å²) < 4.78 is 15.4. The predicted molar refractivity (Wildman–Crippen MR) is 67.7 cm³/mol. The molecule has 0 heterocycles. The molecule has 1 aromatic carbocycles. The van der Waals surface area contributed by atoms with Gasteiger partial charge in [0.15, 0.2) is 18.1 Å². The summed E-state index contributed by atoms with van der Waals surface area (Å²) in [4.78, 5) is 0. The molecule has 0 saturated heterocycles. The molecule has 0 spiro atoms. The first-order chi connectivity index (χ1) is 8.81. The standard InChI is InChI=1S/C13H18N2O3/c1-16-8-6-15-10-11-3-4-12(18-7-5-14)13(9-11)17-2/h3-4,9,15H,6-8,10H2,1-2H3. The third-order valence-corrected chi connectivity index (χ3v) is 2.33. The van der Waals surface area contributed by atoms with Crippen molar-refractivity contribution in [3.63, 3.8) is 0 Å². The van der Waals surface area contributed by atoms with Crippen LogP contribution in [0, 0.1) is 11.3 Å². The van der Waals surface area contributed by atoms with Crippen molar-refractivity contribution in [2.75, 3.05) is 34.0 Å². The first kappa shape index (κ1) is 14.3. The fraction of sp³-hybridized carbons (Fsp3) is 0.462. The molecule has 0 aromatic heterocycles. The highest BCUT2D eigenvalue weighted by Crippen LogP contribution is 2.27. The number of nitrogens with one attached hydrogen (secondary N) is 1. The molecule has 1 N–H and O–H groups in total. The highest BCUT2D eigenvalue weighted by molar-refractivity contribution is 5.43. The molecular formula is C13H18N2O3. The van der Waals surface area contributed by atoms with E-state index in [1.807, 2.05) is 24.3 Å². The van der Waals surface area contributed by atoms with Gasteiger partial charge in [-0.3, -0.25) is 0 Å². The third kappa shape index (κ3) is 4.62. The van der Waals surface area contributed by atoms with E-state index < -0.39 is 0 Å². The molecule has 5 heteroatoms. The number of nitrogens with zero attached hydrogens (tertiary/aromatic N) is 1. The number of methoxy groups -OCH3 is 2. The Bertz CT molecular complexity index is 402. The van der Waals surface area contributed by atoms with Gasteiger partial charge < -0.3 is 19.5 Å². The maximum Gasteiger partial charge on any atom is 0.174 e. The van der Waals surface area contributed by atoms with Crippen LogP contribution in [0.15, 0.2) is 18.2 Å². The minimum atomic E-state index is 0.0157. The molecule has 0 aliphatic rings. The van der Waals surface area contributed by atoms with Crippen molar-refractivity contribution in [2.24, 2.45) is 0 Å². The van der Waals surface area contributed by atoms with E-state index in [0.717, 1.165) is 18.7 Å². The molecular weight excluding hydrogens is 232 g/mol. The number of hydrogen-bond donors (Lipinski definition) is 1. The molecule has 0 radical (unpaired) electrons. The average Bonchev–Trinajstić information content (AvgIpc) is 2.41. The number of rotatable bonds is 8. The Labute approximate surface area is 107 Å². The first-order valence-corrected chi connectivity index (χ1v) is 5.68. The van der Waals surface area contributed by atoms with E-state index in [2.05, 4.69) is 5.32 Å². The number of benzene rings is 1. The van der Waals surface area contributed by atoms with Gasteiger partial charge in [0.25, 0.3) is 0 Å². The second-order valence-electron chi connectivity index (χ2n) is 3.60. The summed E-state index contributed by atoms with van der Waals surface area (Å²) in [6.07, 6.45) is 0. The molecule has 0 fully saturated rings. The molecule has 1 aromatic rings. The van der Waals surface area contributed by atoms with Crippen LogP contribution in [0.25, 0.3) is 0 Å². The molecule has 0 aliphatic carbocycles. The van der Waals surface area contributed by atoms with Crippen LogP contribution in [0.1, 0.15) is 5.56 Å². The molecule has 0 atom stereocenters. The molecule has 0 bridgehead atoms. The van der Waals surface area contributed by atoms with Gasteiger partial charge in [0.2, 0.25) is 0 Å². The largest absolute Gasteiger partial charge is 0.493 e. The summed E-state index contributed by atoms with van der Waals surface area (Å²) >= 11 is 0. The van der Waals surface area contributed by atoms with E-state index in [-0.39, 0.29) is 6.61 Å². The summed E-state index contributed by atoms with van der Waals surface area (Å²) in [6, 6.07) is 7.57. The summed E-state index contributed by atoms with van der Waals surface area (Å²) in [5.41, 5.74) is 1.09. The van der Waals surface area contributed by atoms with Crippen molar-refractivity contribution in [2.45, 2.75) is 6.54 Å². The number of nitriles is 1. The van der Waals surface area contributed by atoms with Crippen molar-refractivity contribution in [1.29, 1.82) is 5.26 Å². The van der Waals surface area contributed by atoms with Crippen molar-refractivity contribution < 1.29 is 14.2 Å². The van der Waals surface area contributed by atoms with Crippen LogP contribution in [0.4, 0.5) is 0 Å². The quantitative estimate of drug-likeness (QED) is 0.705. The monoisotopic (exact) mass is 250 g/mol. The maximum atomic E-state index is 8.47. The van der Waals surface area contributed by atoms with Crippen LogP contribution in [0.5, 0.6) is 11.5 Å². The Hall–Kier alpha value is -1.77. The highest BCUT2D eigenvalue weighted by atomic mass is 16.5. The molecule has 0 unspecified atom stereocenters. The normalized spacial score (nSPS) is 9.83. The van der Waals surface area contributed by atoms with E-state index in [9.17, 15) is 0 Å². The van der Waals surface area contributed by atoms with Gasteiger partial charge in [0, 0.05) is 20.2 Å². The molecule has 98 valence electrons. The van der Waals surface area contributed by atoms with Crippen LogP contribution in [0.3, 0.4) is 0 Å². The molecule has 0 saturated carbocycles. The fourth-order valence-electron chi connectivity index (χ4n) is 1.46. The molecule has 0 aliphatic heterocycles. The predicted octanol–water partition coefficient (Wildman–Crippen LogP) is 1.33. The summed E-state index contributed by atoms with van der Waals surface area (Å²) in [5, 5.41) is 11.7. The third-order valence-electron chi connectivity index (χ3n) is 2.33. The Balaban J connectivity index is 2.58. The van der Waals surface area contributed by atoms with Crippen molar-refractivity contribution in [1.82, 2.24) is 5.32 Å². The second-order valence-corrected chi connectivity index (χ2v) is 3.60. The smallest absolute Gasteiger partial charge is 0.174 e. The van der Waals surface area contributed by atoms with E-state index in [4.69, 9.17) is 19.5 Å². The maximum absolute atomic E-state index is 8.47. The van der Waals surface area contributed by atoms with Crippen LogP contribution in [-0.4, -0.2) is 34.0 Å². The van der Waals surface area contributed by atoms with Gasteiger partial charge in [-0.25, -0.2) is 0 Å². The summed E-state index contributed by atoms with van der Waals surface area (Å²) in [5.74, 6) is 1.22. The van der Waals surface area contributed by atoms with Gasteiger partial charge in [-0.1, -0.05) is 6.07 Å². The summed E-state index contributed by atoms with van der Waals surface area (Å²) in [7, 11) is 3.25. The van der Waals surface area contributed by atoms with Crippen LogP contribution in [-0.2, 0) is 11.3 Å². The Morgan fingerprint density at radius 3 is 2.78 bits per heavy atom. The SMILES string of the molecule is COCCNCc1ccc(OCC#N)c(OC)c1. The Morgan fingerprint density at radius 2 is 2.11 bits per heavy atom. The molecule has 18 heavy (non-hydrogen) atoms. The van der Waals surface area contributed by atoms with E-state index in [0.29, 0.717) is 18.1 Å². The van der Waals surface area contributed by atoms with Crippen molar-refractivity contribution >= 4 is 0 Å². The van der Waals surface area contributed by atoms with Gasteiger partial charge in [0.05, 0.1) is 13.7 Å². The Morgan fingerprint density at radius 1 is 1.28 bits per heavy atom. The zero-order valence-corrected chi connectivity index (χ0v) is 10.7. The van der Waals surface area contributed by atoms with E-state index in [1.54, 1.807) is 14.2 Å². The summed E-state index contributed by atoms with van der Waals surface area (Å²) in [6.45, 7) is 2.23. The lowest BCUT2D eigenvalue weighted by atomic mass is 10.2. The Kier molecular flexibility index (Phi) is 6.62. The van der Waals surface area contributed by atoms with Crippen molar-refractivity contribution in [3.8, 4) is 17.6 Å². The zero-order chi connectivity index (χ0) is 13.2. The first-order valence-electron chi connectivity index (χ1n) is 5.68. The van der Waals surface area contributed by atoms with E-state index in [1.165, 1.54) is 0 Å². The second kappa shape index (κ2) is 8.34. The minimum Gasteiger partial charge on any atom is -0.493 e. The van der Waals surface area contributed by atoms with Gasteiger partial charge in [-0.05, 0) is 17.7 Å². The van der Waals surface area contributed by atoms with Crippen molar-refractivity contribution in [3.05, 3.63) is 23.8 Å². The molecule has 5 nitrogen and oxygen atoms in total. The van der Waals surface area contributed by atoms with E-state index >= 15 is 0 Å². The lowest BCUT2D eigenvalue weighted by Crippen LogP contribution is -2.18. The molecule has 1 rings (SSSR count). The topological polar surface area (TPSA) is 63.5 Å². The molecule has 0 amide bonds. The lowest BCUT2D eigenvalue weighted by molar-refractivity contribution is 0.199. The highest BCUT2D eigenvalue weighted by Gasteiger charge is 2.05. The number of hydrogen-bond acceptors (Lipinski definition) is 5.